The summed E-state index contributed by atoms with van der Waals surface area (Å²) in [6, 6.07) is 7.36. The van der Waals surface area contributed by atoms with Crippen molar-refractivity contribution in [2.24, 2.45) is 12.8 Å². The molecule has 0 aliphatic heterocycles. The third kappa shape index (κ3) is 2.53. The lowest BCUT2D eigenvalue weighted by molar-refractivity contribution is 0.365. The van der Waals surface area contributed by atoms with E-state index in [0.29, 0.717) is 22.9 Å². The first-order valence-electron chi connectivity index (χ1n) is 5.69. The Kier molecular flexibility index (Phi) is 3.71. The Morgan fingerprint density at radius 2 is 1.95 bits per heavy atom. The van der Waals surface area contributed by atoms with Crippen LogP contribution in [0.2, 0.25) is 0 Å². The Hall–Kier alpha value is -2.08. The highest BCUT2D eigenvalue weighted by Crippen LogP contribution is 2.33. The fraction of sp³-hybridized carbons (Fsp3) is 0.231. The molecule has 0 saturated heterocycles. The van der Waals surface area contributed by atoms with Crippen LogP contribution >= 0.6 is 12.2 Å². The van der Waals surface area contributed by atoms with Crippen LogP contribution in [0.5, 0.6) is 17.4 Å². The largest absolute Gasteiger partial charge is 0.493 e. The number of methoxy groups -OCH3 is 1. The van der Waals surface area contributed by atoms with Crippen LogP contribution in [0.1, 0.15) is 11.3 Å². The van der Waals surface area contributed by atoms with Crippen LogP contribution in [0.15, 0.2) is 24.3 Å². The molecule has 2 aromatic rings. The first-order chi connectivity index (χ1) is 9.04. The van der Waals surface area contributed by atoms with Gasteiger partial charge in [-0.1, -0.05) is 24.4 Å². The SMILES string of the molecule is COc1ccccc1Oc1c(C(N)=S)c(C)nn1C. The van der Waals surface area contributed by atoms with Gasteiger partial charge in [-0.05, 0) is 19.1 Å². The summed E-state index contributed by atoms with van der Waals surface area (Å²) in [6.45, 7) is 1.84. The Labute approximate surface area is 116 Å². The fourth-order valence-corrected chi connectivity index (χ4v) is 2.08. The number of hydrogen-bond donors (Lipinski definition) is 1. The van der Waals surface area contributed by atoms with Crippen LogP contribution in [-0.4, -0.2) is 21.9 Å². The van der Waals surface area contributed by atoms with E-state index < -0.39 is 0 Å². The molecule has 1 aromatic carbocycles. The maximum absolute atomic E-state index is 5.85. The van der Waals surface area contributed by atoms with Crippen molar-refractivity contribution in [2.75, 3.05) is 7.11 Å². The van der Waals surface area contributed by atoms with Crippen molar-refractivity contribution >= 4 is 17.2 Å². The van der Waals surface area contributed by atoms with Gasteiger partial charge in [0.25, 0.3) is 0 Å². The van der Waals surface area contributed by atoms with Gasteiger partial charge >= 0.3 is 0 Å². The molecule has 0 unspecified atom stereocenters. The Balaban J connectivity index is 2.46. The average molecular weight is 277 g/mol. The summed E-state index contributed by atoms with van der Waals surface area (Å²) in [6.07, 6.45) is 0. The van der Waals surface area contributed by atoms with Crippen molar-refractivity contribution in [1.82, 2.24) is 9.78 Å². The van der Waals surface area contributed by atoms with Crippen molar-refractivity contribution in [3.05, 3.63) is 35.5 Å². The Bertz CT molecular complexity index is 622. The molecule has 6 heteroatoms. The number of nitrogens with zero attached hydrogens (tertiary/aromatic N) is 2. The minimum absolute atomic E-state index is 0.260. The summed E-state index contributed by atoms with van der Waals surface area (Å²) in [7, 11) is 3.37. The second-order valence-corrected chi connectivity index (χ2v) is 4.45. The predicted octanol–water partition coefficient (Wildman–Crippen LogP) is 2.16. The summed E-state index contributed by atoms with van der Waals surface area (Å²) in [4.78, 5) is 0.260. The van der Waals surface area contributed by atoms with Crippen LogP contribution < -0.4 is 15.2 Å². The van der Waals surface area contributed by atoms with E-state index in [1.807, 2.05) is 31.2 Å². The van der Waals surface area contributed by atoms with E-state index in [4.69, 9.17) is 27.4 Å². The lowest BCUT2D eigenvalue weighted by Crippen LogP contribution is -2.11. The van der Waals surface area contributed by atoms with Gasteiger partial charge in [-0.15, -0.1) is 0 Å². The van der Waals surface area contributed by atoms with Gasteiger partial charge in [0.2, 0.25) is 5.88 Å². The molecule has 0 saturated carbocycles. The van der Waals surface area contributed by atoms with Crippen LogP contribution in [0.25, 0.3) is 0 Å². The zero-order chi connectivity index (χ0) is 14.0. The smallest absolute Gasteiger partial charge is 0.228 e. The number of ether oxygens (including phenoxy) is 2. The summed E-state index contributed by atoms with van der Waals surface area (Å²) >= 11 is 5.04. The molecule has 5 nitrogen and oxygen atoms in total. The molecule has 0 radical (unpaired) electrons. The molecule has 0 atom stereocenters. The van der Waals surface area contributed by atoms with Gasteiger partial charge in [-0.3, -0.25) is 0 Å². The van der Waals surface area contributed by atoms with Crippen molar-refractivity contribution < 1.29 is 9.47 Å². The molecule has 100 valence electrons. The van der Waals surface area contributed by atoms with Crippen LogP contribution in [0.4, 0.5) is 0 Å². The van der Waals surface area contributed by atoms with E-state index in [0.717, 1.165) is 5.69 Å². The second-order valence-electron chi connectivity index (χ2n) is 4.01. The molecule has 0 aliphatic rings. The normalized spacial score (nSPS) is 10.3. The van der Waals surface area contributed by atoms with E-state index in [1.54, 1.807) is 18.8 Å². The third-order valence-corrected chi connectivity index (χ3v) is 2.90. The summed E-state index contributed by atoms with van der Waals surface area (Å²) in [5, 5.41) is 4.27. The van der Waals surface area contributed by atoms with Crippen molar-refractivity contribution in [3.63, 3.8) is 0 Å². The Morgan fingerprint density at radius 1 is 1.32 bits per heavy atom. The lowest BCUT2D eigenvalue weighted by atomic mass is 10.2. The average Bonchev–Trinajstić information content (AvgIpc) is 2.65. The molecular weight excluding hydrogens is 262 g/mol. The van der Waals surface area contributed by atoms with Crippen LogP contribution in [-0.2, 0) is 7.05 Å². The number of aromatic nitrogens is 2. The first kappa shape index (κ1) is 13.4. The van der Waals surface area contributed by atoms with Crippen LogP contribution in [0.3, 0.4) is 0 Å². The number of aryl methyl sites for hydroxylation is 2. The maximum Gasteiger partial charge on any atom is 0.228 e. The van der Waals surface area contributed by atoms with Gasteiger partial charge in [0.1, 0.15) is 4.99 Å². The zero-order valence-corrected chi connectivity index (χ0v) is 11.8. The lowest BCUT2D eigenvalue weighted by Gasteiger charge is -2.11. The van der Waals surface area contributed by atoms with Gasteiger partial charge in [0.05, 0.1) is 18.4 Å². The Morgan fingerprint density at radius 3 is 2.53 bits per heavy atom. The molecule has 0 spiro atoms. The quantitative estimate of drug-likeness (QED) is 0.868. The highest BCUT2D eigenvalue weighted by molar-refractivity contribution is 7.80. The van der Waals surface area contributed by atoms with E-state index in [-0.39, 0.29) is 4.99 Å². The molecule has 19 heavy (non-hydrogen) atoms. The molecule has 0 bridgehead atoms. The summed E-state index contributed by atoms with van der Waals surface area (Å²) < 4.78 is 12.7. The topological polar surface area (TPSA) is 62.3 Å². The predicted molar refractivity (Wildman–Crippen MR) is 76.9 cm³/mol. The second kappa shape index (κ2) is 5.27. The molecule has 0 amide bonds. The van der Waals surface area contributed by atoms with Crippen molar-refractivity contribution in [1.29, 1.82) is 0 Å². The molecular formula is C13H15N3O2S. The molecule has 1 heterocycles. The molecule has 2 N–H and O–H groups in total. The summed E-state index contributed by atoms with van der Waals surface area (Å²) in [5.74, 6) is 1.73. The van der Waals surface area contributed by atoms with E-state index >= 15 is 0 Å². The maximum atomic E-state index is 5.85. The molecule has 1 aromatic heterocycles. The highest BCUT2D eigenvalue weighted by atomic mass is 32.1. The van der Waals surface area contributed by atoms with E-state index in [1.165, 1.54) is 0 Å². The highest BCUT2D eigenvalue weighted by Gasteiger charge is 2.18. The number of benzene rings is 1. The van der Waals surface area contributed by atoms with Crippen molar-refractivity contribution in [2.45, 2.75) is 6.92 Å². The van der Waals surface area contributed by atoms with E-state index in [9.17, 15) is 0 Å². The first-order valence-corrected chi connectivity index (χ1v) is 6.09. The summed E-state index contributed by atoms with van der Waals surface area (Å²) in [5.41, 5.74) is 7.10. The third-order valence-electron chi connectivity index (χ3n) is 2.69. The van der Waals surface area contributed by atoms with Gasteiger partial charge < -0.3 is 15.2 Å². The molecule has 2 rings (SSSR count). The van der Waals surface area contributed by atoms with Crippen molar-refractivity contribution in [3.8, 4) is 17.4 Å². The zero-order valence-electron chi connectivity index (χ0n) is 11.0. The van der Waals surface area contributed by atoms with Gasteiger partial charge in [0, 0.05) is 7.05 Å². The van der Waals surface area contributed by atoms with Gasteiger partial charge in [-0.2, -0.15) is 5.10 Å². The van der Waals surface area contributed by atoms with E-state index in [2.05, 4.69) is 5.10 Å². The monoisotopic (exact) mass is 277 g/mol. The van der Waals surface area contributed by atoms with Crippen LogP contribution in [0, 0.1) is 6.92 Å². The number of rotatable bonds is 4. The molecule has 0 fully saturated rings. The minimum Gasteiger partial charge on any atom is -0.493 e. The fourth-order valence-electron chi connectivity index (χ4n) is 1.85. The number of para-hydroxylation sites is 2. The number of hydrogen-bond acceptors (Lipinski definition) is 4. The minimum atomic E-state index is 0.260. The number of nitrogens with two attached hydrogens (primary N) is 1. The van der Waals surface area contributed by atoms with Gasteiger partial charge in [-0.25, -0.2) is 4.68 Å². The van der Waals surface area contributed by atoms with Gasteiger partial charge in [0.15, 0.2) is 11.5 Å². The number of thiocarbonyl (C=S) groups is 1. The molecule has 0 aliphatic carbocycles. The standard InChI is InChI=1S/C13H15N3O2S/c1-8-11(12(14)19)13(16(2)15-8)18-10-7-5-4-6-9(10)17-3/h4-7H,1-3H3,(H2,14,19).